The van der Waals surface area contributed by atoms with Crippen LogP contribution in [0.5, 0.6) is 0 Å². The van der Waals surface area contributed by atoms with Gasteiger partial charge in [0.05, 0.1) is 9.95 Å². The molecule has 0 fully saturated rings. The first-order valence-corrected chi connectivity index (χ1v) is 7.11. The van der Waals surface area contributed by atoms with Gasteiger partial charge in [-0.25, -0.2) is 0 Å². The number of nitro benzene ring substituents is 1. The molecular formula is C12H14BrClN2O3. The first-order chi connectivity index (χ1) is 8.97. The maximum atomic E-state index is 12.0. The van der Waals surface area contributed by atoms with Gasteiger partial charge in [0, 0.05) is 17.4 Å². The minimum Gasteiger partial charge on any atom is -0.351 e. The number of hydrogen-bond acceptors (Lipinski definition) is 3. The van der Waals surface area contributed by atoms with Crippen LogP contribution in [-0.4, -0.2) is 22.2 Å². The molecule has 0 radical (unpaired) electrons. The number of halogens is 2. The molecule has 5 nitrogen and oxygen atoms in total. The quantitative estimate of drug-likeness (QED) is 0.485. The number of nitro groups is 1. The molecule has 1 amide bonds. The molecule has 0 aliphatic carbocycles. The summed E-state index contributed by atoms with van der Waals surface area (Å²) in [5.41, 5.74) is -0.378. The van der Waals surface area contributed by atoms with Gasteiger partial charge in [-0.2, -0.15) is 0 Å². The predicted octanol–water partition coefficient (Wildman–Crippen LogP) is 3.54. The van der Waals surface area contributed by atoms with E-state index in [9.17, 15) is 14.9 Å². The third-order valence-corrected chi connectivity index (χ3v) is 3.60. The molecule has 1 unspecified atom stereocenters. The van der Waals surface area contributed by atoms with Crippen molar-refractivity contribution in [1.82, 2.24) is 5.32 Å². The Bertz CT molecular complexity index is 482. The first-order valence-electron chi connectivity index (χ1n) is 5.82. The monoisotopic (exact) mass is 348 g/mol. The topological polar surface area (TPSA) is 72.2 Å². The first kappa shape index (κ1) is 15.9. The highest BCUT2D eigenvalue weighted by Crippen LogP contribution is 2.26. The number of amides is 1. The molecule has 1 N–H and O–H groups in total. The molecule has 0 saturated heterocycles. The van der Waals surface area contributed by atoms with Gasteiger partial charge >= 0.3 is 0 Å². The molecule has 0 saturated carbocycles. The summed E-state index contributed by atoms with van der Waals surface area (Å²) in [6, 6.07) is 4.17. The van der Waals surface area contributed by atoms with E-state index in [0.717, 1.165) is 12.8 Å². The van der Waals surface area contributed by atoms with Gasteiger partial charge in [-0.15, -0.1) is 0 Å². The minimum atomic E-state index is -0.613. The molecule has 0 spiro atoms. The number of carbonyl (C=O) groups excluding carboxylic acids is 1. The van der Waals surface area contributed by atoms with Crippen LogP contribution in [0.25, 0.3) is 0 Å². The van der Waals surface area contributed by atoms with E-state index in [4.69, 9.17) is 11.6 Å². The number of benzene rings is 1. The van der Waals surface area contributed by atoms with Gasteiger partial charge in [0.15, 0.2) is 0 Å². The molecule has 1 aromatic carbocycles. The Labute approximate surface area is 124 Å². The highest BCUT2D eigenvalue weighted by molar-refractivity contribution is 9.09. The van der Waals surface area contributed by atoms with Gasteiger partial charge < -0.3 is 5.32 Å². The molecule has 1 aromatic rings. The summed E-state index contributed by atoms with van der Waals surface area (Å²) in [6.45, 7) is 2.43. The van der Waals surface area contributed by atoms with E-state index < -0.39 is 10.8 Å². The average molecular weight is 350 g/mol. The molecule has 7 heteroatoms. The Morgan fingerprint density at radius 1 is 1.58 bits per heavy atom. The van der Waals surface area contributed by atoms with E-state index in [0.29, 0.717) is 6.54 Å². The standard InChI is InChI=1S/C12H14BrClN2O3/c1-2-4-8(13)7-15-12(17)11-9(14)5-3-6-10(11)16(18)19/h3,5-6,8H,2,4,7H2,1H3,(H,15,17). The second-order valence-corrected chi connectivity index (χ2v) is 5.69. The van der Waals surface area contributed by atoms with E-state index in [2.05, 4.69) is 21.2 Å². The van der Waals surface area contributed by atoms with Crippen LogP contribution in [0.3, 0.4) is 0 Å². The van der Waals surface area contributed by atoms with Crippen molar-refractivity contribution in [2.24, 2.45) is 0 Å². The normalized spacial score (nSPS) is 11.9. The summed E-state index contributed by atoms with van der Waals surface area (Å²) in [7, 11) is 0. The number of alkyl halides is 1. The molecule has 1 atom stereocenters. The van der Waals surface area contributed by atoms with Crippen LogP contribution in [0, 0.1) is 10.1 Å². The number of carbonyl (C=O) groups is 1. The predicted molar refractivity (Wildman–Crippen MR) is 78.1 cm³/mol. The molecule has 0 heterocycles. The van der Waals surface area contributed by atoms with Crippen molar-refractivity contribution < 1.29 is 9.72 Å². The maximum Gasteiger partial charge on any atom is 0.283 e. The van der Waals surface area contributed by atoms with Gasteiger partial charge in [0.25, 0.3) is 11.6 Å². The Hall–Kier alpha value is -1.14. The van der Waals surface area contributed by atoms with Crippen molar-refractivity contribution in [3.63, 3.8) is 0 Å². The van der Waals surface area contributed by atoms with Crippen LogP contribution in [0.2, 0.25) is 5.02 Å². The van der Waals surface area contributed by atoms with Gasteiger partial charge in [-0.05, 0) is 12.5 Å². The molecule has 0 aliphatic rings. The van der Waals surface area contributed by atoms with Crippen LogP contribution in [0.4, 0.5) is 5.69 Å². The van der Waals surface area contributed by atoms with E-state index in [1.807, 2.05) is 6.92 Å². The van der Waals surface area contributed by atoms with Crippen LogP contribution in [0.1, 0.15) is 30.1 Å². The summed E-state index contributed by atoms with van der Waals surface area (Å²) in [4.78, 5) is 22.4. The SMILES string of the molecule is CCCC(Br)CNC(=O)c1c(Cl)cccc1[N+](=O)[O-]. The number of hydrogen-bond donors (Lipinski definition) is 1. The van der Waals surface area contributed by atoms with Crippen molar-refractivity contribution >= 4 is 39.1 Å². The van der Waals surface area contributed by atoms with Crippen molar-refractivity contribution in [1.29, 1.82) is 0 Å². The van der Waals surface area contributed by atoms with Gasteiger partial charge in [-0.1, -0.05) is 46.9 Å². The smallest absolute Gasteiger partial charge is 0.283 e. The summed E-state index contributed by atoms with van der Waals surface area (Å²) in [6.07, 6.45) is 1.89. The Kier molecular flexibility index (Phi) is 6.24. The lowest BCUT2D eigenvalue weighted by Crippen LogP contribution is -2.30. The molecule has 0 bridgehead atoms. The zero-order valence-electron chi connectivity index (χ0n) is 10.4. The Balaban J connectivity index is 2.85. The molecule has 1 rings (SSSR count). The van der Waals surface area contributed by atoms with E-state index >= 15 is 0 Å². The molecule has 0 aliphatic heterocycles. The van der Waals surface area contributed by atoms with E-state index in [-0.39, 0.29) is 21.1 Å². The van der Waals surface area contributed by atoms with Gasteiger partial charge in [0.2, 0.25) is 0 Å². The lowest BCUT2D eigenvalue weighted by molar-refractivity contribution is -0.385. The van der Waals surface area contributed by atoms with Crippen LogP contribution >= 0.6 is 27.5 Å². The Morgan fingerprint density at radius 3 is 2.84 bits per heavy atom. The van der Waals surface area contributed by atoms with Gasteiger partial charge in [-0.3, -0.25) is 14.9 Å². The zero-order chi connectivity index (χ0) is 14.4. The Morgan fingerprint density at radius 2 is 2.26 bits per heavy atom. The summed E-state index contributed by atoms with van der Waals surface area (Å²) in [5, 5.41) is 13.6. The number of rotatable bonds is 6. The van der Waals surface area contributed by atoms with Crippen molar-refractivity contribution in [2.45, 2.75) is 24.6 Å². The van der Waals surface area contributed by atoms with Crippen LogP contribution in [0.15, 0.2) is 18.2 Å². The minimum absolute atomic E-state index is 0.0771. The number of nitrogens with zero attached hydrogens (tertiary/aromatic N) is 1. The summed E-state index contributed by atoms with van der Waals surface area (Å²) >= 11 is 9.29. The molecule has 104 valence electrons. The van der Waals surface area contributed by atoms with Crippen molar-refractivity contribution in [3.8, 4) is 0 Å². The lowest BCUT2D eigenvalue weighted by Gasteiger charge is -2.11. The summed E-state index contributed by atoms with van der Waals surface area (Å²) < 4.78 is 0. The second kappa shape index (κ2) is 7.45. The van der Waals surface area contributed by atoms with E-state index in [1.54, 1.807) is 0 Å². The van der Waals surface area contributed by atoms with Gasteiger partial charge in [0.1, 0.15) is 5.56 Å². The lowest BCUT2D eigenvalue weighted by atomic mass is 10.1. The van der Waals surface area contributed by atoms with Crippen molar-refractivity contribution in [2.75, 3.05) is 6.54 Å². The average Bonchev–Trinajstić information content (AvgIpc) is 2.36. The third kappa shape index (κ3) is 4.47. The fourth-order valence-electron chi connectivity index (χ4n) is 1.60. The zero-order valence-corrected chi connectivity index (χ0v) is 12.7. The van der Waals surface area contributed by atoms with Crippen molar-refractivity contribution in [3.05, 3.63) is 38.9 Å². The fraction of sp³-hybridized carbons (Fsp3) is 0.417. The fourth-order valence-corrected chi connectivity index (χ4v) is 2.47. The van der Waals surface area contributed by atoms with E-state index in [1.165, 1.54) is 18.2 Å². The van der Waals surface area contributed by atoms with Crippen LogP contribution in [-0.2, 0) is 0 Å². The number of nitrogens with one attached hydrogen (secondary N) is 1. The molecule has 0 aromatic heterocycles. The highest BCUT2D eigenvalue weighted by atomic mass is 79.9. The third-order valence-electron chi connectivity index (χ3n) is 2.50. The second-order valence-electron chi connectivity index (χ2n) is 3.99. The summed E-state index contributed by atoms with van der Waals surface area (Å²) in [5.74, 6) is -0.530. The largest absolute Gasteiger partial charge is 0.351 e. The molecular weight excluding hydrogens is 336 g/mol. The highest BCUT2D eigenvalue weighted by Gasteiger charge is 2.23. The molecule has 19 heavy (non-hydrogen) atoms. The maximum absolute atomic E-state index is 12.0. The van der Waals surface area contributed by atoms with Crippen LogP contribution < -0.4 is 5.32 Å².